The Kier molecular flexibility index (Phi) is 8.48. The van der Waals surface area contributed by atoms with Crippen molar-refractivity contribution in [1.29, 1.82) is 5.26 Å². The molecule has 1 aromatic carbocycles. The van der Waals surface area contributed by atoms with Crippen molar-refractivity contribution in [2.24, 2.45) is 5.92 Å². The van der Waals surface area contributed by atoms with Crippen molar-refractivity contribution in [3.8, 4) is 6.07 Å². The van der Waals surface area contributed by atoms with Crippen LogP contribution in [0.15, 0.2) is 24.3 Å². The van der Waals surface area contributed by atoms with E-state index in [2.05, 4.69) is 81.1 Å². The number of aromatic nitrogens is 4. The van der Waals surface area contributed by atoms with Gasteiger partial charge in [-0.25, -0.2) is 4.98 Å². The predicted octanol–water partition coefficient (Wildman–Crippen LogP) is 4.73. The van der Waals surface area contributed by atoms with Crippen LogP contribution in [-0.2, 0) is 0 Å². The average molecular weight is 531 g/mol. The lowest BCUT2D eigenvalue weighted by Gasteiger charge is -2.45. The molecule has 3 aromatic rings. The van der Waals surface area contributed by atoms with Crippen LogP contribution in [0, 0.1) is 24.2 Å². The SMILES string of the molecule is CCC1CC(Nc2nc(Nc3cc(C)[nH]n3)c3ccc(NCC4CN(C)C4)cc3n2)CC(CC)N1CCC#N. The van der Waals surface area contributed by atoms with E-state index in [1.165, 1.54) is 0 Å². The number of aromatic amines is 1. The van der Waals surface area contributed by atoms with Gasteiger partial charge in [-0.05, 0) is 57.9 Å². The van der Waals surface area contributed by atoms with Crippen molar-refractivity contribution >= 4 is 34.2 Å². The molecule has 2 saturated heterocycles. The van der Waals surface area contributed by atoms with Crippen LogP contribution in [0.3, 0.4) is 0 Å². The fourth-order valence-electron chi connectivity index (χ4n) is 6.19. The van der Waals surface area contributed by atoms with Crippen molar-refractivity contribution in [1.82, 2.24) is 30.0 Å². The molecule has 2 aliphatic heterocycles. The molecular formula is C29H42N10. The van der Waals surface area contributed by atoms with E-state index in [1.807, 2.05) is 13.0 Å². The Hall–Kier alpha value is -3.42. The zero-order valence-electron chi connectivity index (χ0n) is 23.7. The van der Waals surface area contributed by atoms with Gasteiger partial charge in [-0.1, -0.05) is 13.8 Å². The second-order valence-electron chi connectivity index (χ2n) is 11.2. The van der Waals surface area contributed by atoms with Gasteiger partial charge in [0.25, 0.3) is 0 Å². The molecule has 39 heavy (non-hydrogen) atoms. The fourth-order valence-corrected chi connectivity index (χ4v) is 6.19. The first-order chi connectivity index (χ1) is 18.9. The molecule has 0 bridgehead atoms. The highest BCUT2D eigenvalue weighted by Crippen LogP contribution is 2.31. The largest absolute Gasteiger partial charge is 0.385 e. The number of H-pyrrole nitrogens is 1. The molecule has 0 saturated carbocycles. The summed E-state index contributed by atoms with van der Waals surface area (Å²) in [6, 6.07) is 11.8. The van der Waals surface area contributed by atoms with Crippen LogP contribution in [0.2, 0.25) is 0 Å². The summed E-state index contributed by atoms with van der Waals surface area (Å²) in [4.78, 5) is 14.8. The number of piperidine rings is 1. The van der Waals surface area contributed by atoms with Gasteiger partial charge in [0.1, 0.15) is 5.82 Å². The Morgan fingerprint density at radius 2 is 1.87 bits per heavy atom. The molecule has 5 rings (SSSR count). The van der Waals surface area contributed by atoms with Crippen molar-refractivity contribution < 1.29 is 0 Å². The minimum Gasteiger partial charge on any atom is -0.385 e. The Morgan fingerprint density at radius 1 is 1.10 bits per heavy atom. The summed E-state index contributed by atoms with van der Waals surface area (Å²) in [6.07, 6.45) is 4.73. The molecule has 2 fully saturated rings. The number of aryl methyl sites for hydroxylation is 1. The van der Waals surface area contributed by atoms with Gasteiger partial charge in [0.05, 0.1) is 11.6 Å². The maximum absolute atomic E-state index is 9.16. The van der Waals surface area contributed by atoms with Crippen LogP contribution in [0.4, 0.5) is 23.3 Å². The van der Waals surface area contributed by atoms with Crippen LogP contribution in [0.1, 0.15) is 51.6 Å². The molecule has 0 amide bonds. The number of nitrogens with zero attached hydrogens (tertiary/aromatic N) is 6. The van der Waals surface area contributed by atoms with E-state index in [4.69, 9.17) is 15.2 Å². The van der Waals surface area contributed by atoms with Gasteiger partial charge < -0.3 is 20.9 Å². The summed E-state index contributed by atoms with van der Waals surface area (Å²) in [5.74, 6) is 2.80. The van der Waals surface area contributed by atoms with Gasteiger partial charge in [0.15, 0.2) is 5.82 Å². The Labute approximate surface area is 231 Å². The lowest BCUT2D eigenvalue weighted by molar-refractivity contribution is 0.0734. The number of likely N-dealkylation sites (tertiary alicyclic amines) is 2. The molecule has 4 heterocycles. The van der Waals surface area contributed by atoms with Crippen LogP contribution >= 0.6 is 0 Å². The zero-order chi connectivity index (χ0) is 27.4. The first-order valence-electron chi connectivity index (χ1n) is 14.4. The van der Waals surface area contributed by atoms with Crippen molar-refractivity contribution in [2.45, 2.75) is 71.0 Å². The molecule has 208 valence electrons. The van der Waals surface area contributed by atoms with Gasteiger partial charge in [-0.3, -0.25) is 10.00 Å². The molecule has 10 heteroatoms. The van der Waals surface area contributed by atoms with E-state index in [0.717, 1.165) is 85.8 Å². The highest BCUT2D eigenvalue weighted by atomic mass is 15.2. The number of fused-ring (bicyclic) bond motifs is 1. The van der Waals surface area contributed by atoms with Crippen molar-refractivity contribution in [3.05, 3.63) is 30.0 Å². The van der Waals surface area contributed by atoms with E-state index in [1.54, 1.807) is 0 Å². The normalized spacial score (nSPS) is 22.4. The molecule has 2 unspecified atom stereocenters. The van der Waals surface area contributed by atoms with E-state index in [0.29, 0.717) is 30.4 Å². The summed E-state index contributed by atoms with van der Waals surface area (Å²) in [5.41, 5.74) is 2.95. The van der Waals surface area contributed by atoms with Crippen LogP contribution in [-0.4, -0.2) is 81.3 Å². The Bertz CT molecular complexity index is 1280. The number of nitriles is 1. The van der Waals surface area contributed by atoms with Crippen LogP contribution in [0.25, 0.3) is 10.9 Å². The summed E-state index contributed by atoms with van der Waals surface area (Å²) in [6.45, 7) is 10.6. The summed E-state index contributed by atoms with van der Waals surface area (Å²) >= 11 is 0. The topological polar surface area (TPSA) is 121 Å². The highest BCUT2D eigenvalue weighted by molar-refractivity contribution is 5.93. The number of hydrogen-bond donors (Lipinski definition) is 4. The van der Waals surface area contributed by atoms with Gasteiger partial charge in [-0.2, -0.15) is 15.3 Å². The first-order valence-corrected chi connectivity index (χ1v) is 14.4. The molecule has 2 atom stereocenters. The number of rotatable bonds is 11. The van der Waals surface area contributed by atoms with Gasteiger partial charge in [0, 0.05) is 79.5 Å². The molecule has 2 aromatic heterocycles. The average Bonchev–Trinajstić information content (AvgIpc) is 3.33. The van der Waals surface area contributed by atoms with Gasteiger partial charge >= 0.3 is 0 Å². The maximum Gasteiger partial charge on any atom is 0.225 e. The smallest absolute Gasteiger partial charge is 0.225 e. The number of hydrogen-bond acceptors (Lipinski definition) is 9. The quantitative estimate of drug-likeness (QED) is 0.279. The standard InChI is InChI=1S/C29H42N10/c1-5-23-13-22(14-24(6-2)39(23)11-7-10-30)32-29-33-26-15-21(31-16-20-17-38(4)18-20)8-9-25(26)28(35-29)34-27-12-19(3)36-37-27/h8-9,12,15,20,22-24,31H,5-7,11,13-14,16-18H2,1-4H3,(H3,32,33,34,35,36,37). The first kappa shape index (κ1) is 27.2. The molecule has 0 radical (unpaired) electrons. The van der Waals surface area contributed by atoms with E-state index < -0.39 is 0 Å². The highest BCUT2D eigenvalue weighted by Gasteiger charge is 2.34. The predicted molar refractivity (Wildman–Crippen MR) is 157 cm³/mol. The third kappa shape index (κ3) is 6.43. The third-order valence-corrected chi connectivity index (χ3v) is 8.19. The summed E-state index contributed by atoms with van der Waals surface area (Å²) < 4.78 is 0. The van der Waals surface area contributed by atoms with Gasteiger partial charge in [0.2, 0.25) is 5.95 Å². The Balaban J connectivity index is 1.39. The molecular weight excluding hydrogens is 488 g/mol. The van der Waals surface area contributed by atoms with Crippen LogP contribution < -0.4 is 16.0 Å². The van der Waals surface area contributed by atoms with Crippen LogP contribution in [0.5, 0.6) is 0 Å². The number of benzene rings is 1. The van der Waals surface area contributed by atoms with E-state index in [9.17, 15) is 0 Å². The maximum atomic E-state index is 9.16. The lowest BCUT2D eigenvalue weighted by atomic mass is 9.88. The Morgan fingerprint density at radius 3 is 2.51 bits per heavy atom. The monoisotopic (exact) mass is 530 g/mol. The third-order valence-electron chi connectivity index (χ3n) is 8.19. The zero-order valence-corrected chi connectivity index (χ0v) is 23.7. The molecule has 10 nitrogen and oxygen atoms in total. The summed E-state index contributed by atoms with van der Waals surface area (Å²) in [5, 5.41) is 28.2. The molecule has 2 aliphatic rings. The second-order valence-corrected chi connectivity index (χ2v) is 11.2. The summed E-state index contributed by atoms with van der Waals surface area (Å²) in [7, 11) is 2.16. The number of nitrogens with one attached hydrogen (secondary N) is 4. The lowest BCUT2D eigenvalue weighted by Crippen LogP contribution is -2.52. The fraction of sp³-hybridized carbons (Fsp3) is 0.586. The van der Waals surface area contributed by atoms with Gasteiger partial charge in [-0.15, -0.1) is 0 Å². The van der Waals surface area contributed by atoms with Crippen molar-refractivity contribution in [3.63, 3.8) is 0 Å². The molecule has 0 spiro atoms. The second kappa shape index (κ2) is 12.2. The molecule has 0 aliphatic carbocycles. The van der Waals surface area contributed by atoms with E-state index >= 15 is 0 Å². The van der Waals surface area contributed by atoms with E-state index in [-0.39, 0.29) is 6.04 Å². The molecule has 4 N–H and O–H groups in total. The van der Waals surface area contributed by atoms with Crippen molar-refractivity contribution in [2.75, 3.05) is 49.2 Å². The number of anilines is 4. The minimum absolute atomic E-state index is 0.271. The minimum atomic E-state index is 0.271.